The third kappa shape index (κ3) is 3.60. The maximum atomic E-state index is 11.4. The fourth-order valence-corrected chi connectivity index (χ4v) is 6.05. The number of aromatic nitrogens is 2. The van der Waals surface area contributed by atoms with Crippen molar-refractivity contribution in [3.8, 4) is 5.75 Å². The average molecular weight is 450 g/mol. The number of nitrogens with one attached hydrogen (secondary N) is 1. The number of nitrogens with zero attached hydrogens (tertiary/aromatic N) is 2. The third-order valence-electron chi connectivity index (χ3n) is 7.53. The molecule has 2 aliphatic heterocycles. The van der Waals surface area contributed by atoms with E-state index in [4.69, 9.17) is 9.47 Å². The van der Waals surface area contributed by atoms with Crippen LogP contribution in [-0.2, 0) is 16.8 Å². The van der Waals surface area contributed by atoms with E-state index >= 15 is 0 Å². The van der Waals surface area contributed by atoms with Crippen LogP contribution in [0.1, 0.15) is 59.8 Å². The van der Waals surface area contributed by atoms with E-state index in [1.807, 2.05) is 19.2 Å². The second kappa shape index (κ2) is 8.47. The standard InChI is InChI=1S/C26H31N3O4/c1-4-33-19-12-18-7-9-26(13-19,23-6-5-17(14-28-23)25(30)31)29(18)15-21-20-8-10-27-24(20)16(2)11-22(21)32-3/h5-6,8,10-11,14,18-19,27H,4,7,9,12-13,15H2,1-3H3,(H,30,31)/t18-,19-,26?/m0/s1. The molecule has 7 heteroatoms. The number of methoxy groups -OCH3 is 1. The molecule has 1 aromatic carbocycles. The van der Waals surface area contributed by atoms with Crippen LogP contribution in [0.15, 0.2) is 36.7 Å². The minimum absolute atomic E-state index is 0.173. The fraction of sp³-hybridized carbons (Fsp3) is 0.462. The molecule has 33 heavy (non-hydrogen) atoms. The topological polar surface area (TPSA) is 87.7 Å². The van der Waals surface area contributed by atoms with E-state index < -0.39 is 5.97 Å². The lowest BCUT2D eigenvalue weighted by atomic mass is 9.82. The molecule has 0 saturated carbocycles. The highest BCUT2D eigenvalue weighted by atomic mass is 16.5. The lowest BCUT2D eigenvalue weighted by Crippen LogP contribution is -2.52. The highest BCUT2D eigenvalue weighted by Crippen LogP contribution is 2.52. The Morgan fingerprint density at radius 2 is 2.21 bits per heavy atom. The number of aryl methyl sites for hydroxylation is 1. The van der Waals surface area contributed by atoms with Crippen LogP contribution >= 0.6 is 0 Å². The number of benzene rings is 1. The molecule has 2 N–H and O–H groups in total. The Labute approximate surface area is 193 Å². The van der Waals surface area contributed by atoms with Crippen molar-refractivity contribution >= 4 is 16.9 Å². The summed E-state index contributed by atoms with van der Waals surface area (Å²) in [7, 11) is 1.73. The maximum Gasteiger partial charge on any atom is 0.337 e. The Hall–Kier alpha value is -2.90. The number of ether oxygens (including phenoxy) is 2. The minimum Gasteiger partial charge on any atom is -0.496 e. The van der Waals surface area contributed by atoms with Gasteiger partial charge in [-0.25, -0.2) is 4.79 Å². The molecular formula is C26H31N3O4. The van der Waals surface area contributed by atoms with Crippen molar-refractivity contribution in [1.29, 1.82) is 0 Å². The molecule has 2 aliphatic rings. The Bertz CT molecular complexity index is 1170. The first-order valence-corrected chi connectivity index (χ1v) is 11.7. The van der Waals surface area contributed by atoms with Gasteiger partial charge in [-0.3, -0.25) is 9.88 Å². The number of hydrogen-bond acceptors (Lipinski definition) is 5. The van der Waals surface area contributed by atoms with Crippen molar-refractivity contribution in [3.63, 3.8) is 0 Å². The lowest BCUT2D eigenvalue weighted by molar-refractivity contribution is -0.0608. The molecule has 0 radical (unpaired) electrons. The average Bonchev–Trinajstić information content (AvgIpc) is 3.38. The van der Waals surface area contributed by atoms with Crippen LogP contribution in [0.4, 0.5) is 0 Å². The van der Waals surface area contributed by atoms with Crippen LogP contribution in [0.3, 0.4) is 0 Å². The molecule has 174 valence electrons. The molecule has 7 nitrogen and oxygen atoms in total. The van der Waals surface area contributed by atoms with Gasteiger partial charge in [0.05, 0.1) is 30.0 Å². The Kier molecular flexibility index (Phi) is 5.62. The summed E-state index contributed by atoms with van der Waals surface area (Å²) in [6.07, 6.45) is 7.53. The molecule has 3 aromatic rings. The maximum absolute atomic E-state index is 11.4. The highest BCUT2D eigenvalue weighted by Gasteiger charge is 2.53. The van der Waals surface area contributed by atoms with Gasteiger partial charge >= 0.3 is 5.97 Å². The van der Waals surface area contributed by atoms with Gasteiger partial charge in [-0.15, -0.1) is 0 Å². The first kappa shape index (κ1) is 21.9. The Morgan fingerprint density at radius 1 is 1.36 bits per heavy atom. The van der Waals surface area contributed by atoms with E-state index in [1.54, 1.807) is 13.2 Å². The Balaban J connectivity index is 1.59. The van der Waals surface area contributed by atoms with Crippen molar-refractivity contribution in [3.05, 3.63) is 59.0 Å². The van der Waals surface area contributed by atoms with E-state index in [1.165, 1.54) is 17.1 Å². The monoisotopic (exact) mass is 449 g/mol. The molecule has 4 heterocycles. The lowest BCUT2D eigenvalue weighted by Gasteiger charge is -2.47. The summed E-state index contributed by atoms with van der Waals surface area (Å²) in [5, 5.41) is 10.5. The molecule has 1 unspecified atom stereocenters. The van der Waals surface area contributed by atoms with Crippen molar-refractivity contribution in [2.75, 3.05) is 13.7 Å². The van der Waals surface area contributed by atoms with Gasteiger partial charge in [0, 0.05) is 48.1 Å². The zero-order chi connectivity index (χ0) is 23.2. The number of pyridine rings is 1. The second-order valence-electron chi connectivity index (χ2n) is 9.25. The van der Waals surface area contributed by atoms with Gasteiger partial charge in [0.2, 0.25) is 0 Å². The summed E-state index contributed by atoms with van der Waals surface area (Å²) in [5.41, 5.74) is 4.32. The van der Waals surface area contributed by atoms with Gasteiger partial charge in [-0.2, -0.15) is 0 Å². The van der Waals surface area contributed by atoms with Gasteiger partial charge in [0.1, 0.15) is 5.75 Å². The van der Waals surface area contributed by atoms with Crippen molar-refractivity contribution < 1.29 is 19.4 Å². The number of carboxylic acid groups (broad SMARTS) is 1. The number of hydrogen-bond donors (Lipinski definition) is 2. The Morgan fingerprint density at radius 3 is 2.91 bits per heavy atom. The summed E-state index contributed by atoms with van der Waals surface area (Å²) >= 11 is 0. The van der Waals surface area contributed by atoms with Crippen LogP contribution in [0, 0.1) is 6.92 Å². The molecule has 2 fully saturated rings. The van der Waals surface area contributed by atoms with E-state index in [9.17, 15) is 9.90 Å². The van der Waals surface area contributed by atoms with Gasteiger partial charge in [0.25, 0.3) is 0 Å². The van der Waals surface area contributed by atoms with Gasteiger partial charge < -0.3 is 19.6 Å². The first-order chi connectivity index (χ1) is 16.0. The predicted molar refractivity (Wildman–Crippen MR) is 126 cm³/mol. The molecule has 0 amide bonds. The summed E-state index contributed by atoms with van der Waals surface area (Å²) in [6, 6.07) is 8.17. The highest BCUT2D eigenvalue weighted by molar-refractivity contribution is 5.88. The predicted octanol–water partition coefficient (Wildman–Crippen LogP) is 4.64. The van der Waals surface area contributed by atoms with Crippen LogP contribution < -0.4 is 4.74 Å². The van der Waals surface area contributed by atoms with Crippen molar-refractivity contribution in [2.45, 2.75) is 63.8 Å². The molecule has 5 rings (SSSR count). The SMILES string of the molecule is CCO[C@H]1C[C@@H]2CCC(c3ccc(C(=O)O)cn3)(C1)N2Cc1c(OC)cc(C)c2[nH]ccc12. The molecular weight excluding hydrogens is 418 g/mol. The summed E-state index contributed by atoms with van der Waals surface area (Å²) in [4.78, 5) is 22.0. The summed E-state index contributed by atoms with van der Waals surface area (Å²) in [6.45, 7) is 5.57. The number of aromatic carboxylic acids is 1. The van der Waals surface area contributed by atoms with E-state index in [-0.39, 0.29) is 17.2 Å². The van der Waals surface area contributed by atoms with Crippen LogP contribution in [-0.4, -0.2) is 51.8 Å². The number of aromatic amines is 1. The molecule has 3 atom stereocenters. The minimum atomic E-state index is -0.956. The van der Waals surface area contributed by atoms with Crippen LogP contribution in [0.5, 0.6) is 5.75 Å². The fourth-order valence-electron chi connectivity index (χ4n) is 6.05. The molecule has 2 bridgehead atoms. The van der Waals surface area contributed by atoms with Gasteiger partial charge in [-0.05, 0) is 69.4 Å². The molecule has 2 saturated heterocycles. The van der Waals surface area contributed by atoms with Crippen molar-refractivity contribution in [2.24, 2.45) is 0 Å². The smallest absolute Gasteiger partial charge is 0.337 e. The summed E-state index contributed by atoms with van der Waals surface area (Å²) < 4.78 is 11.9. The van der Waals surface area contributed by atoms with Gasteiger partial charge in [-0.1, -0.05) is 0 Å². The normalized spacial score (nSPS) is 24.9. The number of H-pyrrole nitrogens is 1. The first-order valence-electron chi connectivity index (χ1n) is 11.7. The largest absolute Gasteiger partial charge is 0.496 e. The van der Waals surface area contributed by atoms with E-state index in [0.717, 1.165) is 54.8 Å². The molecule has 2 aromatic heterocycles. The number of carboxylic acids is 1. The van der Waals surface area contributed by atoms with Gasteiger partial charge in [0.15, 0.2) is 0 Å². The third-order valence-corrected chi connectivity index (χ3v) is 7.53. The number of carbonyl (C=O) groups is 1. The summed E-state index contributed by atoms with van der Waals surface area (Å²) in [5.74, 6) is -0.0574. The quantitative estimate of drug-likeness (QED) is 0.547. The number of piperidine rings is 1. The van der Waals surface area contributed by atoms with Crippen LogP contribution in [0.25, 0.3) is 10.9 Å². The molecule has 0 spiro atoms. The zero-order valence-electron chi connectivity index (χ0n) is 19.4. The number of rotatable bonds is 7. The number of fused-ring (bicyclic) bond motifs is 3. The van der Waals surface area contributed by atoms with E-state index in [2.05, 4.69) is 33.9 Å². The second-order valence-corrected chi connectivity index (χ2v) is 9.25. The van der Waals surface area contributed by atoms with E-state index in [0.29, 0.717) is 12.6 Å². The molecule has 0 aliphatic carbocycles. The van der Waals surface area contributed by atoms with Crippen molar-refractivity contribution in [1.82, 2.24) is 14.9 Å². The zero-order valence-corrected chi connectivity index (χ0v) is 19.4. The van der Waals surface area contributed by atoms with Crippen LogP contribution in [0.2, 0.25) is 0 Å².